The predicted octanol–water partition coefficient (Wildman–Crippen LogP) is 3.65. The number of benzene rings is 2. The third-order valence-corrected chi connectivity index (χ3v) is 2.83. The van der Waals surface area contributed by atoms with E-state index < -0.39 is 17.7 Å². The minimum Gasteiger partial charge on any atom is -0.478 e. The van der Waals surface area contributed by atoms with E-state index in [1.165, 1.54) is 36.4 Å². The summed E-state index contributed by atoms with van der Waals surface area (Å²) in [6.45, 7) is 0. The van der Waals surface area contributed by atoms with Gasteiger partial charge < -0.3 is 10.8 Å². The smallest absolute Gasteiger partial charge is 0.417 e. The zero-order valence-electron chi connectivity index (χ0n) is 10.1. The summed E-state index contributed by atoms with van der Waals surface area (Å²) in [5.74, 6) is -1.33. The topological polar surface area (TPSA) is 63.3 Å². The van der Waals surface area contributed by atoms with Crippen LogP contribution in [-0.2, 0) is 6.18 Å². The van der Waals surface area contributed by atoms with Gasteiger partial charge in [0.1, 0.15) is 0 Å². The second-order valence-electron chi connectivity index (χ2n) is 4.12. The molecule has 0 aliphatic rings. The van der Waals surface area contributed by atoms with Crippen LogP contribution >= 0.6 is 0 Å². The van der Waals surface area contributed by atoms with Crippen molar-refractivity contribution in [2.75, 3.05) is 5.73 Å². The number of carboxylic acids is 1. The van der Waals surface area contributed by atoms with E-state index in [2.05, 4.69) is 0 Å². The average Bonchev–Trinajstić information content (AvgIpc) is 2.37. The monoisotopic (exact) mass is 281 g/mol. The Labute approximate surface area is 112 Å². The van der Waals surface area contributed by atoms with Crippen LogP contribution in [0.5, 0.6) is 0 Å². The summed E-state index contributed by atoms with van der Waals surface area (Å²) in [5, 5.41) is 9.11. The van der Waals surface area contributed by atoms with E-state index in [0.717, 1.165) is 6.07 Å². The molecular weight excluding hydrogens is 271 g/mol. The summed E-state index contributed by atoms with van der Waals surface area (Å²) < 4.78 is 39.0. The Morgan fingerprint density at radius 1 is 1.05 bits per heavy atom. The van der Waals surface area contributed by atoms with Crippen molar-refractivity contribution in [3.63, 3.8) is 0 Å². The number of nitrogen functional groups attached to an aromatic ring is 1. The molecule has 2 aromatic carbocycles. The number of rotatable bonds is 2. The number of anilines is 1. The lowest BCUT2D eigenvalue weighted by Gasteiger charge is -2.16. The summed E-state index contributed by atoms with van der Waals surface area (Å²) in [4.78, 5) is 11.2. The molecule has 0 heterocycles. The lowest BCUT2D eigenvalue weighted by molar-refractivity contribution is -0.137. The minimum atomic E-state index is -4.59. The number of halogens is 3. The van der Waals surface area contributed by atoms with Crippen LogP contribution < -0.4 is 5.73 Å². The van der Waals surface area contributed by atoms with E-state index in [1.54, 1.807) is 0 Å². The zero-order chi connectivity index (χ0) is 14.9. The summed E-state index contributed by atoms with van der Waals surface area (Å²) in [5.41, 5.74) is 4.12. The molecule has 0 spiro atoms. The molecule has 0 aliphatic carbocycles. The maximum atomic E-state index is 13.0. The van der Waals surface area contributed by atoms with E-state index in [9.17, 15) is 18.0 Å². The molecule has 0 fully saturated rings. The number of alkyl halides is 3. The molecule has 0 bridgehead atoms. The van der Waals surface area contributed by atoms with Crippen molar-refractivity contribution in [1.82, 2.24) is 0 Å². The van der Waals surface area contributed by atoms with Crippen LogP contribution in [0.4, 0.5) is 18.9 Å². The Morgan fingerprint density at radius 2 is 1.70 bits per heavy atom. The number of carboxylic acid groups (broad SMARTS) is 1. The Morgan fingerprint density at radius 3 is 2.30 bits per heavy atom. The summed E-state index contributed by atoms with van der Waals surface area (Å²) in [7, 11) is 0. The Hall–Kier alpha value is -2.50. The highest BCUT2D eigenvalue weighted by atomic mass is 19.4. The van der Waals surface area contributed by atoms with Crippen molar-refractivity contribution in [2.45, 2.75) is 6.18 Å². The molecule has 20 heavy (non-hydrogen) atoms. The lowest BCUT2D eigenvalue weighted by atomic mass is 9.93. The normalized spacial score (nSPS) is 11.3. The van der Waals surface area contributed by atoms with Gasteiger partial charge in [0.15, 0.2) is 0 Å². The SMILES string of the molecule is Nc1cccc(C(=O)O)c1-c1ccccc1C(F)(F)F. The maximum Gasteiger partial charge on any atom is 0.417 e. The van der Waals surface area contributed by atoms with Crippen LogP contribution in [0.3, 0.4) is 0 Å². The molecular formula is C14H10F3NO2. The first kappa shape index (κ1) is 13.9. The number of aromatic carboxylic acids is 1. The van der Waals surface area contributed by atoms with Gasteiger partial charge in [-0.25, -0.2) is 4.79 Å². The summed E-state index contributed by atoms with van der Waals surface area (Å²) in [6.07, 6.45) is -4.59. The van der Waals surface area contributed by atoms with E-state index >= 15 is 0 Å². The minimum absolute atomic E-state index is 0.0124. The van der Waals surface area contributed by atoms with E-state index in [0.29, 0.717) is 0 Å². The summed E-state index contributed by atoms with van der Waals surface area (Å²) >= 11 is 0. The van der Waals surface area contributed by atoms with Gasteiger partial charge in [-0.05, 0) is 23.8 Å². The zero-order valence-corrected chi connectivity index (χ0v) is 10.1. The molecule has 3 nitrogen and oxygen atoms in total. The molecule has 0 aromatic heterocycles. The lowest BCUT2D eigenvalue weighted by Crippen LogP contribution is -2.10. The van der Waals surface area contributed by atoms with Crippen molar-refractivity contribution in [2.24, 2.45) is 0 Å². The number of nitrogens with two attached hydrogens (primary N) is 1. The summed E-state index contributed by atoms with van der Waals surface area (Å²) in [6, 6.07) is 8.73. The van der Waals surface area contributed by atoms with Gasteiger partial charge in [0.05, 0.1) is 11.1 Å². The van der Waals surface area contributed by atoms with Gasteiger partial charge in [0.2, 0.25) is 0 Å². The molecule has 3 N–H and O–H groups in total. The van der Waals surface area contributed by atoms with Crippen molar-refractivity contribution in [3.8, 4) is 11.1 Å². The molecule has 0 unspecified atom stereocenters. The van der Waals surface area contributed by atoms with E-state index in [4.69, 9.17) is 10.8 Å². The first-order chi connectivity index (χ1) is 9.32. The first-order valence-electron chi connectivity index (χ1n) is 5.60. The molecule has 0 saturated heterocycles. The fraction of sp³-hybridized carbons (Fsp3) is 0.0714. The van der Waals surface area contributed by atoms with Crippen LogP contribution in [0.25, 0.3) is 11.1 Å². The molecule has 0 atom stereocenters. The van der Waals surface area contributed by atoms with E-state index in [-0.39, 0.29) is 22.4 Å². The van der Waals surface area contributed by atoms with Gasteiger partial charge in [0.25, 0.3) is 0 Å². The molecule has 0 radical (unpaired) electrons. The van der Waals surface area contributed by atoms with Crippen LogP contribution in [0.1, 0.15) is 15.9 Å². The third-order valence-electron chi connectivity index (χ3n) is 2.83. The molecule has 0 aliphatic heterocycles. The highest BCUT2D eigenvalue weighted by Gasteiger charge is 2.34. The Bertz CT molecular complexity index is 666. The fourth-order valence-electron chi connectivity index (χ4n) is 2.00. The molecule has 0 saturated carbocycles. The fourth-order valence-corrected chi connectivity index (χ4v) is 2.00. The Balaban J connectivity index is 2.79. The molecule has 104 valence electrons. The quantitative estimate of drug-likeness (QED) is 0.826. The molecule has 6 heteroatoms. The standard InChI is InChI=1S/C14H10F3NO2/c15-14(16,17)10-6-2-1-4-8(10)12-9(13(19)20)5-3-7-11(12)18/h1-7H,18H2,(H,19,20). The van der Waals surface area contributed by atoms with Gasteiger partial charge in [-0.2, -0.15) is 13.2 Å². The predicted molar refractivity (Wildman–Crippen MR) is 68.3 cm³/mol. The average molecular weight is 281 g/mol. The number of hydrogen-bond acceptors (Lipinski definition) is 2. The number of carbonyl (C=O) groups is 1. The van der Waals surface area contributed by atoms with Gasteiger partial charge in [-0.1, -0.05) is 24.3 Å². The van der Waals surface area contributed by atoms with Gasteiger partial charge in [-0.3, -0.25) is 0 Å². The molecule has 2 aromatic rings. The van der Waals surface area contributed by atoms with E-state index in [1.807, 2.05) is 0 Å². The number of hydrogen-bond donors (Lipinski definition) is 2. The van der Waals surface area contributed by atoms with Crippen LogP contribution in [0.2, 0.25) is 0 Å². The Kier molecular flexibility index (Phi) is 3.40. The van der Waals surface area contributed by atoms with Gasteiger partial charge in [-0.15, -0.1) is 0 Å². The van der Waals surface area contributed by atoms with Crippen molar-refractivity contribution >= 4 is 11.7 Å². The second kappa shape index (κ2) is 4.88. The van der Waals surface area contributed by atoms with Crippen LogP contribution in [0, 0.1) is 0 Å². The molecule has 2 rings (SSSR count). The van der Waals surface area contributed by atoms with Crippen molar-refractivity contribution in [3.05, 3.63) is 53.6 Å². The van der Waals surface area contributed by atoms with Crippen LogP contribution in [0.15, 0.2) is 42.5 Å². The van der Waals surface area contributed by atoms with Gasteiger partial charge in [0, 0.05) is 11.3 Å². The molecule has 0 amide bonds. The highest BCUT2D eigenvalue weighted by molar-refractivity contribution is 6.00. The maximum absolute atomic E-state index is 13.0. The third kappa shape index (κ3) is 2.45. The van der Waals surface area contributed by atoms with Crippen LogP contribution in [-0.4, -0.2) is 11.1 Å². The highest BCUT2D eigenvalue weighted by Crippen LogP contribution is 2.40. The first-order valence-corrected chi connectivity index (χ1v) is 5.60. The van der Waals surface area contributed by atoms with Crippen molar-refractivity contribution < 1.29 is 23.1 Å². The second-order valence-corrected chi connectivity index (χ2v) is 4.12. The van der Waals surface area contributed by atoms with Gasteiger partial charge >= 0.3 is 12.1 Å². The largest absolute Gasteiger partial charge is 0.478 e. The van der Waals surface area contributed by atoms with Crippen molar-refractivity contribution in [1.29, 1.82) is 0 Å².